The average Bonchev–Trinajstić information content (AvgIpc) is 2.92. The van der Waals surface area contributed by atoms with Crippen LogP contribution in [0.2, 0.25) is 26.2 Å². The molecule has 22 heavy (non-hydrogen) atoms. The second-order valence-corrected chi connectivity index (χ2v) is 10.9. The summed E-state index contributed by atoms with van der Waals surface area (Å²) >= 11 is 0. The molecule has 1 fully saturated rings. The molecule has 122 valence electrons. The topological polar surface area (TPSA) is 71.8 Å². The molecule has 0 unspecified atom stereocenters. The van der Waals surface area contributed by atoms with E-state index in [1.165, 1.54) is 6.07 Å². The van der Waals surface area contributed by atoms with Gasteiger partial charge in [0, 0.05) is 12.3 Å². The number of nitrogens with zero attached hydrogens (tertiary/aromatic N) is 2. The van der Waals surface area contributed by atoms with Crippen LogP contribution in [0.25, 0.3) is 0 Å². The molecule has 7 nitrogen and oxygen atoms in total. The van der Waals surface area contributed by atoms with Crippen molar-refractivity contribution in [3.05, 3.63) is 22.6 Å². The van der Waals surface area contributed by atoms with Crippen molar-refractivity contribution in [2.75, 3.05) is 6.61 Å². The van der Waals surface area contributed by atoms with Gasteiger partial charge in [-0.05, 0) is 26.2 Å². The Labute approximate surface area is 132 Å². The molecule has 0 bridgehead atoms. The van der Waals surface area contributed by atoms with Crippen LogP contribution in [0.4, 0.5) is 0 Å². The summed E-state index contributed by atoms with van der Waals surface area (Å²) in [5, 5.41) is 0. The summed E-state index contributed by atoms with van der Waals surface area (Å²) in [5.41, 5.74) is -0.312. The van der Waals surface area contributed by atoms with Gasteiger partial charge in [0.1, 0.15) is 12.2 Å². The Morgan fingerprint density at radius 3 is 2.77 bits per heavy atom. The van der Waals surface area contributed by atoms with E-state index in [1.54, 1.807) is 10.8 Å². The summed E-state index contributed by atoms with van der Waals surface area (Å²) in [6.07, 6.45) is 0.767. The maximum absolute atomic E-state index is 11.4. The predicted molar refractivity (Wildman–Crippen MR) is 85.4 cm³/mol. The fourth-order valence-corrected chi connectivity index (χ4v) is 4.29. The predicted octanol–water partition coefficient (Wildman–Crippen LogP) is 0.270. The van der Waals surface area contributed by atoms with E-state index in [4.69, 9.17) is 18.3 Å². The molecule has 0 aromatic carbocycles. The van der Waals surface area contributed by atoms with Crippen LogP contribution in [0, 0.1) is 0 Å². The Kier molecular flexibility index (Phi) is 4.50. The first-order valence-electron chi connectivity index (χ1n) is 7.64. The lowest BCUT2D eigenvalue weighted by Gasteiger charge is -2.24. The van der Waals surface area contributed by atoms with E-state index in [1.807, 2.05) is 0 Å². The largest absolute Gasteiger partial charge is 0.454 e. The number of hydrogen-bond donors (Lipinski definition) is 0. The van der Waals surface area contributed by atoms with E-state index in [9.17, 15) is 4.79 Å². The van der Waals surface area contributed by atoms with E-state index < -0.39 is 18.1 Å². The Bertz CT molecular complexity index is 594. The third-order valence-corrected chi connectivity index (χ3v) is 5.35. The highest BCUT2D eigenvalue weighted by Gasteiger charge is 2.52. The Balaban J connectivity index is 1.82. The lowest BCUT2D eigenvalue weighted by atomic mass is 10.1. The summed E-state index contributed by atoms with van der Waals surface area (Å²) in [6.45, 7) is 9.01. The molecule has 0 radical (unpaired) electrons. The van der Waals surface area contributed by atoms with Gasteiger partial charge < -0.3 is 18.3 Å². The summed E-state index contributed by atoms with van der Waals surface area (Å²) in [5.74, 6) is 0. The molecule has 3 rings (SSSR count). The first-order valence-corrected chi connectivity index (χ1v) is 13.2. The van der Waals surface area contributed by atoms with Crippen LogP contribution in [0.1, 0.15) is 6.23 Å². The lowest BCUT2D eigenvalue weighted by Crippen LogP contribution is -2.41. The highest BCUT2D eigenvalue weighted by molar-refractivity contribution is 6.48. The van der Waals surface area contributed by atoms with Crippen molar-refractivity contribution in [3.63, 3.8) is 0 Å². The molecule has 0 saturated carbocycles. The Hall–Kier alpha value is -1.01. The van der Waals surface area contributed by atoms with E-state index in [2.05, 4.69) is 31.2 Å². The molecule has 9 heteroatoms. The van der Waals surface area contributed by atoms with E-state index in [0.29, 0.717) is 12.6 Å². The zero-order valence-corrected chi connectivity index (χ0v) is 15.6. The van der Waals surface area contributed by atoms with E-state index in [-0.39, 0.29) is 30.1 Å². The van der Waals surface area contributed by atoms with Gasteiger partial charge in [-0.15, -0.1) is 0 Å². The van der Waals surface area contributed by atoms with Crippen LogP contribution in [-0.4, -0.2) is 52.6 Å². The second kappa shape index (κ2) is 6.24. The first kappa shape index (κ1) is 15.9. The third kappa shape index (κ3) is 3.04. The average molecular weight is 343 g/mol. The Morgan fingerprint density at radius 2 is 2.09 bits per heavy atom. The zero-order chi connectivity index (χ0) is 15.9. The number of rotatable bonds is 5. The second-order valence-electron chi connectivity index (χ2n) is 6.13. The molecule has 3 heterocycles. The van der Waals surface area contributed by atoms with Crippen molar-refractivity contribution in [2.45, 2.75) is 50.7 Å². The van der Waals surface area contributed by atoms with Crippen molar-refractivity contribution in [1.82, 2.24) is 9.55 Å². The molecular formula is C13H22N2O5Si2. The highest BCUT2D eigenvalue weighted by atomic mass is 28.3. The van der Waals surface area contributed by atoms with Crippen molar-refractivity contribution in [1.29, 1.82) is 0 Å². The smallest absolute Gasteiger partial charge is 0.302 e. The molecule has 2 aliphatic rings. The summed E-state index contributed by atoms with van der Waals surface area (Å²) < 4.78 is 25.7. The van der Waals surface area contributed by atoms with Crippen LogP contribution in [0.15, 0.2) is 17.1 Å². The van der Waals surface area contributed by atoms with Crippen LogP contribution in [-0.2, 0) is 13.6 Å². The first-order chi connectivity index (χ1) is 10.5. The van der Waals surface area contributed by atoms with Gasteiger partial charge in [-0.2, -0.15) is 4.98 Å². The molecule has 0 aliphatic carbocycles. The van der Waals surface area contributed by atoms with Crippen LogP contribution in [0.3, 0.4) is 0 Å². The molecule has 1 aromatic rings. The van der Waals surface area contributed by atoms with Gasteiger partial charge >= 0.3 is 6.01 Å². The van der Waals surface area contributed by atoms with Gasteiger partial charge in [-0.1, -0.05) is 0 Å². The normalized spacial score (nSPS) is 29.7. The molecule has 1 saturated heterocycles. The standard InChI is InChI=1S/C13H22N2O5Si2/c1-21(2)17-7-8-10(20-22(3)4)11-12(18-8)15-6-5-9(16)14-13(15)19-11/h5-6,8,10-12,21-22H,7H2,1-4H3/t8-,10-,11+,12-/m1/s1. The zero-order valence-electron chi connectivity index (χ0n) is 13.3. The van der Waals surface area contributed by atoms with E-state index >= 15 is 0 Å². The SMILES string of the molecule is C[SiH](C)OC[C@H]1O[C@@H]2[C@@H](Oc3nc(=O)ccn32)[C@@H]1O[SiH](C)C. The Morgan fingerprint density at radius 1 is 1.32 bits per heavy atom. The summed E-state index contributed by atoms with van der Waals surface area (Å²) in [4.78, 5) is 15.3. The van der Waals surface area contributed by atoms with Crippen LogP contribution in [0.5, 0.6) is 6.01 Å². The van der Waals surface area contributed by atoms with Gasteiger partial charge in [0.15, 0.2) is 30.4 Å². The van der Waals surface area contributed by atoms with Gasteiger partial charge in [0.25, 0.3) is 5.56 Å². The van der Waals surface area contributed by atoms with Gasteiger partial charge in [0.05, 0.1) is 6.61 Å². The molecule has 0 spiro atoms. The minimum atomic E-state index is -1.27. The molecule has 1 aromatic heterocycles. The number of fused-ring (bicyclic) bond motifs is 3. The fourth-order valence-electron chi connectivity index (χ4n) is 2.76. The van der Waals surface area contributed by atoms with Crippen LogP contribution < -0.4 is 10.3 Å². The summed E-state index contributed by atoms with van der Waals surface area (Å²) in [7, 11) is -2.39. The third-order valence-electron chi connectivity index (χ3n) is 3.63. The minimum Gasteiger partial charge on any atom is -0.454 e. The molecule has 2 aliphatic heterocycles. The van der Waals surface area contributed by atoms with Crippen molar-refractivity contribution < 1.29 is 18.3 Å². The lowest BCUT2D eigenvalue weighted by molar-refractivity contribution is -0.0350. The van der Waals surface area contributed by atoms with Crippen molar-refractivity contribution in [2.24, 2.45) is 0 Å². The summed E-state index contributed by atoms with van der Waals surface area (Å²) in [6, 6.07) is 1.72. The maximum atomic E-state index is 11.4. The quantitative estimate of drug-likeness (QED) is 0.715. The highest BCUT2D eigenvalue weighted by Crippen LogP contribution is 2.40. The van der Waals surface area contributed by atoms with Gasteiger partial charge in [0.2, 0.25) is 0 Å². The minimum absolute atomic E-state index is 0.146. The molecule has 0 N–H and O–H groups in total. The van der Waals surface area contributed by atoms with Crippen molar-refractivity contribution >= 4 is 18.1 Å². The monoisotopic (exact) mass is 342 g/mol. The van der Waals surface area contributed by atoms with Gasteiger partial charge in [-0.3, -0.25) is 9.36 Å². The maximum Gasteiger partial charge on any atom is 0.302 e. The van der Waals surface area contributed by atoms with Crippen molar-refractivity contribution in [3.8, 4) is 6.01 Å². The number of hydrogen-bond acceptors (Lipinski definition) is 6. The van der Waals surface area contributed by atoms with Crippen LogP contribution >= 0.6 is 0 Å². The number of ether oxygens (including phenoxy) is 2. The fraction of sp³-hybridized carbons (Fsp3) is 0.692. The molecule has 4 atom stereocenters. The molecular weight excluding hydrogens is 320 g/mol. The molecule has 0 amide bonds. The number of aromatic nitrogens is 2. The van der Waals surface area contributed by atoms with Gasteiger partial charge in [-0.25, -0.2) is 0 Å². The van der Waals surface area contributed by atoms with E-state index in [0.717, 1.165) is 0 Å².